The van der Waals surface area contributed by atoms with E-state index in [1.165, 1.54) is 11.3 Å². The summed E-state index contributed by atoms with van der Waals surface area (Å²) in [6.07, 6.45) is 0.282. The summed E-state index contributed by atoms with van der Waals surface area (Å²) in [7, 11) is 0. The summed E-state index contributed by atoms with van der Waals surface area (Å²) in [6.45, 7) is 5.78. The molecule has 2 amide bonds. The van der Waals surface area contributed by atoms with E-state index in [4.69, 9.17) is 16.1 Å². The van der Waals surface area contributed by atoms with Crippen LogP contribution in [0.5, 0.6) is 0 Å². The van der Waals surface area contributed by atoms with E-state index in [-0.39, 0.29) is 18.2 Å². The number of aryl methyl sites for hydroxylation is 2. The summed E-state index contributed by atoms with van der Waals surface area (Å²) >= 11 is 7.43. The number of amides is 2. The molecule has 30 heavy (non-hydrogen) atoms. The summed E-state index contributed by atoms with van der Waals surface area (Å²) < 4.78 is 5.14. The molecule has 0 aliphatic carbocycles. The van der Waals surface area contributed by atoms with Crippen LogP contribution in [0.4, 0.5) is 0 Å². The summed E-state index contributed by atoms with van der Waals surface area (Å²) in [4.78, 5) is 30.9. The van der Waals surface area contributed by atoms with Gasteiger partial charge in [0.05, 0.1) is 17.0 Å². The zero-order chi connectivity index (χ0) is 21.3. The molecular formula is C22H22ClN3O3S. The second-order valence-electron chi connectivity index (χ2n) is 7.32. The Kier molecular flexibility index (Phi) is 5.92. The molecule has 0 bridgehead atoms. The quantitative estimate of drug-likeness (QED) is 0.606. The van der Waals surface area contributed by atoms with Crippen molar-refractivity contribution in [2.24, 2.45) is 0 Å². The van der Waals surface area contributed by atoms with E-state index < -0.39 is 0 Å². The van der Waals surface area contributed by atoms with Crippen molar-refractivity contribution in [1.82, 2.24) is 15.0 Å². The number of carbonyl (C=O) groups is 2. The molecule has 0 saturated carbocycles. The normalized spacial score (nSPS) is 14.2. The summed E-state index contributed by atoms with van der Waals surface area (Å²) in [5.74, 6) is 0.736. The number of carbonyl (C=O) groups excluding carboxylic acids is 2. The maximum absolute atomic E-state index is 12.9. The van der Waals surface area contributed by atoms with Crippen molar-refractivity contribution < 1.29 is 14.1 Å². The minimum absolute atomic E-state index is 0.0121. The van der Waals surface area contributed by atoms with E-state index in [9.17, 15) is 9.59 Å². The van der Waals surface area contributed by atoms with Crippen LogP contribution in [0.1, 0.15) is 26.7 Å². The molecule has 8 heteroatoms. The zero-order valence-electron chi connectivity index (χ0n) is 16.9. The Bertz CT molecular complexity index is 1050. The van der Waals surface area contributed by atoms with Crippen molar-refractivity contribution in [2.45, 2.75) is 20.3 Å². The van der Waals surface area contributed by atoms with Gasteiger partial charge in [0.2, 0.25) is 5.91 Å². The highest BCUT2D eigenvalue weighted by atomic mass is 35.5. The number of rotatable bonds is 4. The standard InChI is InChI=1S/C22H22ClN3O3S/c1-14-18(15(2)29-24-14)13-21(27)25-9-11-26(12-10-25)22(28)20-8-7-19(30-20)16-3-5-17(23)6-4-16/h3-8H,9-13H2,1-2H3. The maximum Gasteiger partial charge on any atom is 0.264 e. The largest absolute Gasteiger partial charge is 0.361 e. The Balaban J connectivity index is 1.35. The fourth-order valence-corrected chi connectivity index (χ4v) is 4.66. The van der Waals surface area contributed by atoms with Crippen LogP contribution in [-0.4, -0.2) is 52.9 Å². The summed E-state index contributed by atoms with van der Waals surface area (Å²) in [6, 6.07) is 11.4. The molecular weight excluding hydrogens is 422 g/mol. The minimum atomic E-state index is 0.0121. The number of hydrogen-bond acceptors (Lipinski definition) is 5. The first-order chi connectivity index (χ1) is 14.4. The van der Waals surface area contributed by atoms with Crippen LogP contribution in [0.3, 0.4) is 0 Å². The van der Waals surface area contributed by atoms with Gasteiger partial charge in [0.1, 0.15) is 5.76 Å². The van der Waals surface area contributed by atoms with Crippen LogP contribution in [-0.2, 0) is 11.2 Å². The molecule has 1 fully saturated rings. The Morgan fingerprint density at radius 3 is 2.33 bits per heavy atom. The van der Waals surface area contributed by atoms with Gasteiger partial charge in [0.25, 0.3) is 5.91 Å². The molecule has 1 aliphatic heterocycles. The Labute approximate surface area is 184 Å². The number of hydrogen-bond donors (Lipinski definition) is 0. The third-order valence-corrected chi connectivity index (χ3v) is 6.75. The van der Waals surface area contributed by atoms with Gasteiger partial charge in [-0.2, -0.15) is 0 Å². The van der Waals surface area contributed by atoms with Gasteiger partial charge in [0.15, 0.2) is 0 Å². The number of halogens is 1. The van der Waals surface area contributed by atoms with Crippen LogP contribution >= 0.6 is 22.9 Å². The molecule has 3 heterocycles. The summed E-state index contributed by atoms with van der Waals surface area (Å²) in [5, 5.41) is 4.60. The van der Waals surface area contributed by atoms with Crippen molar-refractivity contribution in [3.63, 3.8) is 0 Å². The summed E-state index contributed by atoms with van der Waals surface area (Å²) in [5.41, 5.74) is 2.65. The highest BCUT2D eigenvalue weighted by molar-refractivity contribution is 7.17. The molecule has 1 saturated heterocycles. The van der Waals surface area contributed by atoms with Crippen LogP contribution in [0.25, 0.3) is 10.4 Å². The van der Waals surface area contributed by atoms with E-state index in [1.54, 1.807) is 0 Å². The highest BCUT2D eigenvalue weighted by Crippen LogP contribution is 2.30. The molecule has 0 radical (unpaired) electrons. The lowest BCUT2D eigenvalue weighted by Crippen LogP contribution is -2.50. The second kappa shape index (κ2) is 8.62. The lowest BCUT2D eigenvalue weighted by molar-refractivity contribution is -0.131. The number of nitrogens with zero attached hydrogens (tertiary/aromatic N) is 3. The number of piperazine rings is 1. The fraction of sp³-hybridized carbons (Fsp3) is 0.318. The van der Waals surface area contributed by atoms with Gasteiger partial charge in [-0.1, -0.05) is 28.9 Å². The SMILES string of the molecule is Cc1noc(C)c1CC(=O)N1CCN(C(=O)c2ccc(-c3ccc(Cl)cc3)s2)CC1. The van der Waals surface area contributed by atoms with E-state index in [0.29, 0.717) is 41.8 Å². The van der Waals surface area contributed by atoms with Crippen LogP contribution in [0.2, 0.25) is 5.02 Å². The van der Waals surface area contributed by atoms with E-state index >= 15 is 0 Å². The molecule has 0 spiro atoms. The van der Waals surface area contributed by atoms with Gasteiger partial charge >= 0.3 is 0 Å². The third-order valence-electron chi connectivity index (χ3n) is 5.37. The van der Waals surface area contributed by atoms with E-state index in [1.807, 2.05) is 60.0 Å². The molecule has 0 unspecified atom stereocenters. The highest BCUT2D eigenvalue weighted by Gasteiger charge is 2.26. The number of thiophene rings is 1. The van der Waals surface area contributed by atoms with Gasteiger partial charge < -0.3 is 14.3 Å². The predicted molar refractivity (Wildman–Crippen MR) is 117 cm³/mol. The average Bonchev–Trinajstić information content (AvgIpc) is 3.36. The molecule has 1 aromatic carbocycles. The van der Waals surface area contributed by atoms with Crippen molar-refractivity contribution in [2.75, 3.05) is 26.2 Å². The number of benzene rings is 1. The lowest BCUT2D eigenvalue weighted by atomic mass is 10.1. The van der Waals surface area contributed by atoms with Gasteiger partial charge in [-0.05, 0) is 43.7 Å². The molecule has 3 aromatic rings. The van der Waals surface area contributed by atoms with Crippen molar-refractivity contribution in [3.05, 3.63) is 63.3 Å². The number of aromatic nitrogens is 1. The Morgan fingerprint density at radius 2 is 1.70 bits per heavy atom. The predicted octanol–water partition coefficient (Wildman–Crippen LogP) is 4.20. The maximum atomic E-state index is 12.9. The van der Waals surface area contributed by atoms with Gasteiger partial charge in [-0.15, -0.1) is 11.3 Å². The molecule has 4 rings (SSSR count). The van der Waals surface area contributed by atoms with E-state index in [0.717, 1.165) is 21.7 Å². The van der Waals surface area contributed by atoms with Crippen LogP contribution in [0.15, 0.2) is 40.9 Å². The van der Waals surface area contributed by atoms with Crippen molar-refractivity contribution in [1.29, 1.82) is 0 Å². The monoisotopic (exact) mass is 443 g/mol. The third kappa shape index (κ3) is 4.27. The zero-order valence-corrected chi connectivity index (χ0v) is 18.4. The minimum Gasteiger partial charge on any atom is -0.361 e. The topological polar surface area (TPSA) is 66.7 Å². The molecule has 0 atom stereocenters. The smallest absolute Gasteiger partial charge is 0.264 e. The fourth-order valence-electron chi connectivity index (χ4n) is 3.55. The molecule has 0 N–H and O–H groups in total. The van der Waals surface area contributed by atoms with Gasteiger partial charge in [-0.25, -0.2) is 0 Å². The Morgan fingerprint density at radius 1 is 1.03 bits per heavy atom. The van der Waals surface area contributed by atoms with Gasteiger partial charge in [-0.3, -0.25) is 9.59 Å². The van der Waals surface area contributed by atoms with Gasteiger partial charge in [0, 0.05) is 41.6 Å². The molecule has 156 valence electrons. The van der Waals surface area contributed by atoms with Crippen LogP contribution in [0, 0.1) is 13.8 Å². The molecule has 1 aliphatic rings. The van der Waals surface area contributed by atoms with Crippen LogP contribution < -0.4 is 0 Å². The Hall–Kier alpha value is -2.64. The average molecular weight is 444 g/mol. The first kappa shape index (κ1) is 20.6. The first-order valence-corrected chi connectivity index (χ1v) is 11.0. The molecule has 6 nitrogen and oxygen atoms in total. The second-order valence-corrected chi connectivity index (χ2v) is 8.84. The lowest BCUT2D eigenvalue weighted by Gasteiger charge is -2.34. The van der Waals surface area contributed by atoms with E-state index in [2.05, 4.69) is 5.16 Å². The van der Waals surface area contributed by atoms with Crippen molar-refractivity contribution in [3.8, 4) is 10.4 Å². The molecule has 2 aromatic heterocycles. The van der Waals surface area contributed by atoms with Crippen molar-refractivity contribution >= 4 is 34.8 Å². The first-order valence-electron chi connectivity index (χ1n) is 9.77.